The summed E-state index contributed by atoms with van der Waals surface area (Å²) < 4.78 is 0.993. The number of nitrogens with zero attached hydrogens (tertiary/aromatic N) is 4. The van der Waals surface area contributed by atoms with Crippen LogP contribution in [0, 0.1) is 3.70 Å². The van der Waals surface area contributed by atoms with E-state index in [1.54, 1.807) is 11.8 Å². The normalized spacial score (nSPS) is 11.1. The smallest absolute Gasteiger partial charge is 0.191 e. The fraction of sp³-hybridized carbons (Fsp3) is 0.500. The van der Waals surface area contributed by atoms with Gasteiger partial charge < -0.3 is 4.90 Å². The summed E-state index contributed by atoms with van der Waals surface area (Å²) in [4.78, 5) is 11.2. The molecule has 2 aromatic rings. The number of anilines is 1. The summed E-state index contributed by atoms with van der Waals surface area (Å²) in [5.74, 6) is 0.975. The predicted molar refractivity (Wildman–Crippen MR) is 79.7 cm³/mol. The highest BCUT2D eigenvalue weighted by Crippen LogP contribution is 2.28. The van der Waals surface area contributed by atoms with Gasteiger partial charge in [0.05, 0.1) is 5.39 Å². The fourth-order valence-electron chi connectivity index (χ4n) is 1.70. The second-order valence-electron chi connectivity index (χ2n) is 3.44. The van der Waals surface area contributed by atoms with Crippen molar-refractivity contribution < 1.29 is 0 Å². The van der Waals surface area contributed by atoms with Gasteiger partial charge in [0.2, 0.25) is 0 Å². The first kappa shape index (κ1) is 12.9. The number of halogens is 1. The van der Waals surface area contributed by atoms with E-state index in [4.69, 9.17) is 0 Å². The lowest BCUT2D eigenvalue weighted by molar-refractivity contribution is 0.830. The highest BCUT2D eigenvalue weighted by molar-refractivity contribution is 14.1. The number of hydrogen-bond acceptors (Lipinski definition) is 5. The summed E-state index contributed by atoms with van der Waals surface area (Å²) >= 11 is 3.78. The standard InChI is InChI=1S/C10H14IN5S/c1-4-16(5-2)9-6-7(11)14-15-8(6)12-10(13-9)17-3/h4-5H2,1-3H3,(H,12,13,14,15). The zero-order chi connectivity index (χ0) is 12.4. The van der Waals surface area contributed by atoms with Crippen LogP contribution in [0.25, 0.3) is 11.0 Å². The molecule has 0 aliphatic heterocycles. The Morgan fingerprint density at radius 2 is 2.00 bits per heavy atom. The molecule has 0 unspecified atom stereocenters. The van der Waals surface area contributed by atoms with E-state index in [9.17, 15) is 0 Å². The molecule has 0 aliphatic rings. The first-order chi connectivity index (χ1) is 8.21. The van der Waals surface area contributed by atoms with Gasteiger partial charge in [0.1, 0.15) is 9.52 Å². The Labute approximate surface area is 118 Å². The summed E-state index contributed by atoms with van der Waals surface area (Å²) in [7, 11) is 0. The van der Waals surface area contributed by atoms with E-state index < -0.39 is 0 Å². The zero-order valence-corrected chi connectivity index (χ0v) is 13.0. The van der Waals surface area contributed by atoms with Crippen molar-refractivity contribution in [2.45, 2.75) is 19.0 Å². The van der Waals surface area contributed by atoms with E-state index >= 15 is 0 Å². The van der Waals surface area contributed by atoms with Gasteiger partial charge in [-0.15, -0.1) is 0 Å². The van der Waals surface area contributed by atoms with Crippen molar-refractivity contribution >= 4 is 51.2 Å². The number of rotatable bonds is 4. The van der Waals surface area contributed by atoms with Crippen LogP contribution in [0.5, 0.6) is 0 Å². The van der Waals surface area contributed by atoms with Crippen LogP contribution in [-0.2, 0) is 0 Å². The van der Waals surface area contributed by atoms with Crippen LogP contribution in [0.3, 0.4) is 0 Å². The Hall–Kier alpha value is -0.570. The summed E-state index contributed by atoms with van der Waals surface area (Å²) in [6, 6.07) is 0. The van der Waals surface area contributed by atoms with Gasteiger partial charge in [-0.3, -0.25) is 5.10 Å². The van der Waals surface area contributed by atoms with Crippen LogP contribution >= 0.6 is 34.4 Å². The Kier molecular flexibility index (Phi) is 4.08. The van der Waals surface area contributed by atoms with Crippen LogP contribution in [0.15, 0.2) is 5.16 Å². The van der Waals surface area contributed by atoms with Crippen molar-refractivity contribution in [3.05, 3.63) is 3.70 Å². The highest BCUT2D eigenvalue weighted by Gasteiger charge is 2.16. The Bertz CT molecular complexity index is 523. The molecule has 0 saturated carbocycles. The number of aromatic nitrogens is 4. The molecular formula is C10H14IN5S. The van der Waals surface area contributed by atoms with Gasteiger partial charge in [-0.05, 0) is 42.7 Å². The maximum atomic E-state index is 4.61. The molecule has 0 saturated heterocycles. The quantitative estimate of drug-likeness (QED) is 0.514. The molecule has 1 N–H and O–H groups in total. The fourth-order valence-corrected chi connectivity index (χ4v) is 2.65. The number of aromatic amines is 1. The van der Waals surface area contributed by atoms with Crippen LogP contribution in [-0.4, -0.2) is 39.5 Å². The molecule has 0 spiro atoms. The minimum atomic E-state index is 0.746. The SMILES string of the molecule is CCN(CC)c1nc(SC)nc2n[nH]c(I)c12. The van der Waals surface area contributed by atoms with Crippen molar-refractivity contribution in [1.29, 1.82) is 0 Å². The second kappa shape index (κ2) is 5.38. The van der Waals surface area contributed by atoms with E-state index in [-0.39, 0.29) is 0 Å². The Balaban J connectivity index is 2.68. The summed E-state index contributed by atoms with van der Waals surface area (Å²) in [6.07, 6.45) is 1.98. The Morgan fingerprint density at radius 3 is 2.59 bits per heavy atom. The molecule has 0 bridgehead atoms. The third-order valence-corrected chi connectivity index (χ3v) is 3.90. The Morgan fingerprint density at radius 1 is 1.29 bits per heavy atom. The van der Waals surface area contributed by atoms with Crippen molar-refractivity contribution in [3.8, 4) is 0 Å². The van der Waals surface area contributed by atoms with Gasteiger partial charge in [-0.25, -0.2) is 9.97 Å². The second-order valence-corrected chi connectivity index (χ2v) is 5.29. The first-order valence-corrected chi connectivity index (χ1v) is 7.72. The van der Waals surface area contributed by atoms with Crippen molar-refractivity contribution in [2.75, 3.05) is 24.2 Å². The molecule has 0 aromatic carbocycles. The average molecular weight is 363 g/mol. The van der Waals surface area contributed by atoms with E-state index in [1.165, 1.54) is 0 Å². The molecule has 0 radical (unpaired) electrons. The first-order valence-electron chi connectivity index (χ1n) is 5.41. The largest absolute Gasteiger partial charge is 0.356 e. The molecule has 2 heterocycles. The highest BCUT2D eigenvalue weighted by atomic mass is 127. The van der Waals surface area contributed by atoms with E-state index in [0.717, 1.165) is 38.8 Å². The summed E-state index contributed by atoms with van der Waals surface area (Å²) in [6.45, 7) is 6.11. The van der Waals surface area contributed by atoms with Gasteiger partial charge in [0.25, 0.3) is 0 Å². The molecule has 0 atom stereocenters. The van der Waals surface area contributed by atoms with Crippen molar-refractivity contribution in [1.82, 2.24) is 20.2 Å². The van der Waals surface area contributed by atoms with Gasteiger partial charge in [0.15, 0.2) is 10.8 Å². The number of fused-ring (bicyclic) bond motifs is 1. The molecule has 2 rings (SSSR count). The minimum absolute atomic E-state index is 0.746. The molecule has 7 heteroatoms. The lowest BCUT2D eigenvalue weighted by Gasteiger charge is -2.20. The molecule has 5 nitrogen and oxygen atoms in total. The molecule has 0 aliphatic carbocycles. The van der Waals surface area contributed by atoms with Crippen molar-refractivity contribution in [2.24, 2.45) is 0 Å². The minimum Gasteiger partial charge on any atom is -0.356 e. The lowest BCUT2D eigenvalue weighted by atomic mass is 10.3. The maximum absolute atomic E-state index is 4.61. The van der Waals surface area contributed by atoms with E-state index in [0.29, 0.717) is 0 Å². The average Bonchev–Trinajstić information content (AvgIpc) is 2.72. The number of hydrogen-bond donors (Lipinski definition) is 1. The predicted octanol–water partition coefficient (Wildman–Crippen LogP) is 2.53. The van der Waals surface area contributed by atoms with Gasteiger partial charge in [0, 0.05) is 13.1 Å². The number of H-pyrrole nitrogens is 1. The zero-order valence-electron chi connectivity index (χ0n) is 9.99. The molecular weight excluding hydrogens is 349 g/mol. The monoisotopic (exact) mass is 363 g/mol. The molecule has 17 heavy (non-hydrogen) atoms. The van der Waals surface area contributed by atoms with Crippen LogP contribution in [0.2, 0.25) is 0 Å². The lowest BCUT2D eigenvalue weighted by Crippen LogP contribution is -2.23. The summed E-state index contributed by atoms with van der Waals surface area (Å²) in [5.41, 5.74) is 0.746. The third-order valence-electron chi connectivity index (χ3n) is 2.58. The molecule has 2 aromatic heterocycles. The van der Waals surface area contributed by atoms with Crippen LogP contribution < -0.4 is 4.90 Å². The van der Waals surface area contributed by atoms with E-state index in [2.05, 4.69) is 61.5 Å². The maximum Gasteiger partial charge on any atom is 0.191 e. The van der Waals surface area contributed by atoms with Crippen LogP contribution in [0.1, 0.15) is 13.8 Å². The van der Waals surface area contributed by atoms with Gasteiger partial charge in [-0.1, -0.05) is 11.8 Å². The molecule has 92 valence electrons. The topological polar surface area (TPSA) is 57.7 Å². The number of thioether (sulfide) groups is 1. The van der Waals surface area contributed by atoms with Gasteiger partial charge >= 0.3 is 0 Å². The summed E-state index contributed by atoms with van der Waals surface area (Å²) in [5, 5.41) is 8.97. The molecule has 0 fully saturated rings. The van der Waals surface area contributed by atoms with E-state index in [1.807, 2.05) is 6.26 Å². The van der Waals surface area contributed by atoms with Crippen LogP contribution in [0.4, 0.5) is 5.82 Å². The van der Waals surface area contributed by atoms with Crippen molar-refractivity contribution in [3.63, 3.8) is 0 Å². The number of nitrogens with one attached hydrogen (secondary N) is 1. The van der Waals surface area contributed by atoms with Gasteiger partial charge in [-0.2, -0.15) is 5.10 Å². The third kappa shape index (κ3) is 2.35. The molecule has 0 amide bonds.